The molecule has 0 fully saturated rings. The summed E-state index contributed by atoms with van der Waals surface area (Å²) in [5.41, 5.74) is 1.93. The van der Waals surface area contributed by atoms with Crippen molar-refractivity contribution in [3.8, 4) is 5.75 Å². The summed E-state index contributed by atoms with van der Waals surface area (Å²) in [5, 5.41) is 2.72. The molecule has 1 aromatic heterocycles. The van der Waals surface area contributed by atoms with Crippen LogP contribution >= 0.6 is 0 Å². The molecule has 1 aromatic carbocycles. The zero-order valence-electron chi connectivity index (χ0n) is 22.5. The smallest absolute Gasteiger partial charge is 0.407 e. The summed E-state index contributed by atoms with van der Waals surface area (Å²) in [4.78, 5) is 11.7. The first-order valence-corrected chi connectivity index (χ1v) is 12.3. The summed E-state index contributed by atoms with van der Waals surface area (Å²) in [7, 11) is 0. The standard InChI is InChI=1S/C22H35N3O3.2C2H6/c1-8-24-18-11-10-17(27-13-12-23-21(26)28-22(5,6)7)15-19(18)25(9-2)20(24)14-16(3)4;2*1-2/h10-11,15-16H,8-9,12-14H2,1-7H3;2*1-2H3/p+1. The molecule has 0 radical (unpaired) electrons. The fourth-order valence-electron chi connectivity index (χ4n) is 3.39. The van der Waals surface area contributed by atoms with Gasteiger partial charge in [0.2, 0.25) is 0 Å². The van der Waals surface area contributed by atoms with Crippen LogP contribution in [-0.4, -0.2) is 29.4 Å². The molecule has 2 aromatic rings. The fourth-order valence-corrected chi connectivity index (χ4v) is 3.39. The molecule has 0 saturated carbocycles. The van der Waals surface area contributed by atoms with Crippen LogP contribution in [0.3, 0.4) is 0 Å². The molecule has 0 unspecified atom stereocenters. The lowest BCUT2D eigenvalue weighted by atomic mass is 10.1. The number of nitrogens with one attached hydrogen (secondary N) is 1. The monoisotopic (exact) mass is 450 g/mol. The minimum atomic E-state index is -0.496. The average Bonchev–Trinajstić information content (AvgIpc) is 3.03. The highest BCUT2D eigenvalue weighted by Crippen LogP contribution is 2.22. The highest BCUT2D eigenvalue weighted by molar-refractivity contribution is 5.74. The second-order valence-corrected chi connectivity index (χ2v) is 8.43. The number of nitrogens with zero attached hydrogens (tertiary/aromatic N) is 2. The van der Waals surface area contributed by atoms with E-state index in [1.165, 1.54) is 16.9 Å². The van der Waals surface area contributed by atoms with Gasteiger partial charge in [0.15, 0.2) is 11.0 Å². The second-order valence-electron chi connectivity index (χ2n) is 8.43. The molecular formula is C26H48N3O3+. The topological polar surface area (TPSA) is 56.4 Å². The lowest BCUT2D eigenvalue weighted by Gasteiger charge is -2.19. The van der Waals surface area contributed by atoms with Crippen molar-refractivity contribution >= 4 is 17.1 Å². The number of fused-ring (bicyclic) bond motifs is 1. The first kappa shape index (κ1) is 29.8. The third kappa shape index (κ3) is 9.09. The van der Waals surface area contributed by atoms with E-state index in [1.54, 1.807) is 0 Å². The maximum Gasteiger partial charge on any atom is 0.407 e. The predicted molar refractivity (Wildman–Crippen MR) is 134 cm³/mol. The van der Waals surface area contributed by atoms with E-state index >= 15 is 0 Å². The molecule has 1 N–H and O–H groups in total. The largest absolute Gasteiger partial charge is 0.492 e. The lowest BCUT2D eigenvalue weighted by Crippen LogP contribution is -2.37. The molecule has 32 heavy (non-hydrogen) atoms. The van der Waals surface area contributed by atoms with Gasteiger partial charge in [-0.15, -0.1) is 0 Å². The molecule has 0 aliphatic heterocycles. The normalized spacial score (nSPS) is 10.8. The average molecular weight is 451 g/mol. The third-order valence-electron chi connectivity index (χ3n) is 4.41. The van der Waals surface area contributed by atoms with E-state index in [2.05, 4.69) is 54.3 Å². The molecule has 0 spiro atoms. The van der Waals surface area contributed by atoms with Gasteiger partial charge in [-0.3, -0.25) is 0 Å². The molecule has 0 aliphatic carbocycles. The third-order valence-corrected chi connectivity index (χ3v) is 4.41. The molecule has 0 saturated heterocycles. The molecule has 6 nitrogen and oxygen atoms in total. The molecule has 0 atom stereocenters. The number of aryl methyl sites for hydroxylation is 2. The van der Waals surface area contributed by atoms with Gasteiger partial charge in [0.05, 0.1) is 26.1 Å². The fraction of sp³-hybridized carbons (Fsp3) is 0.692. The number of ether oxygens (including phenoxy) is 2. The van der Waals surface area contributed by atoms with E-state index in [0.717, 1.165) is 25.3 Å². The Bertz CT molecular complexity index is 805. The van der Waals surface area contributed by atoms with E-state index in [1.807, 2.05) is 54.5 Å². The van der Waals surface area contributed by atoms with Crippen LogP contribution in [0.15, 0.2) is 18.2 Å². The summed E-state index contributed by atoms with van der Waals surface area (Å²) in [5.74, 6) is 2.77. The van der Waals surface area contributed by atoms with Gasteiger partial charge in [-0.25, -0.2) is 13.9 Å². The molecule has 1 amide bonds. The quantitative estimate of drug-likeness (QED) is 0.389. The molecular weight excluding hydrogens is 402 g/mol. The van der Waals surface area contributed by atoms with Gasteiger partial charge in [-0.2, -0.15) is 0 Å². The number of carbonyl (C=O) groups is 1. The van der Waals surface area contributed by atoms with Crippen LogP contribution in [0, 0.1) is 5.92 Å². The maximum atomic E-state index is 11.7. The van der Waals surface area contributed by atoms with Crippen LogP contribution in [0.2, 0.25) is 0 Å². The Labute approximate surface area is 196 Å². The van der Waals surface area contributed by atoms with Crippen molar-refractivity contribution in [2.45, 2.75) is 101 Å². The number of hydrogen-bond donors (Lipinski definition) is 1. The van der Waals surface area contributed by atoms with Crippen molar-refractivity contribution in [1.82, 2.24) is 9.88 Å². The number of aromatic nitrogens is 2. The maximum absolute atomic E-state index is 11.7. The molecule has 2 rings (SSSR count). The number of imidazole rings is 1. The number of amides is 1. The van der Waals surface area contributed by atoms with E-state index in [9.17, 15) is 4.79 Å². The van der Waals surface area contributed by atoms with Gasteiger partial charge in [0.1, 0.15) is 18.0 Å². The summed E-state index contributed by atoms with van der Waals surface area (Å²) in [6.07, 6.45) is 0.625. The first-order chi connectivity index (χ1) is 15.2. The summed E-state index contributed by atoms with van der Waals surface area (Å²) in [6, 6.07) is 6.23. The molecule has 0 aliphatic rings. The minimum Gasteiger partial charge on any atom is -0.492 e. The van der Waals surface area contributed by atoms with Crippen molar-refractivity contribution in [1.29, 1.82) is 0 Å². The Morgan fingerprint density at radius 2 is 1.75 bits per heavy atom. The van der Waals surface area contributed by atoms with Crippen molar-refractivity contribution < 1.29 is 18.8 Å². The Morgan fingerprint density at radius 3 is 2.25 bits per heavy atom. The van der Waals surface area contributed by atoms with E-state index in [4.69, 9.17) is 9.47 Å². The number of rotatable bonds is 8. The van der Waals surface area contributed by atoms with Gasteiger partial charge in [-0.1, -0.05) is 41.5 Å². The Balaban J connectivity index is 0.00000227. The van der Waals surface area contributed by atoms with Crippen molar-refractivity contribution in [3.05, 3.63) is 24.0 Å². The van der Waals surface area contributed by atoms with Gasteiger partial charge in [0, 0.05) is 6.07 Å². The van der Waals surface area contributed by atoms with Crippen molar-refractivity contribution in [2.75, 3.05) is 13.2 Å². The zero-order chi connectivity index (χ0) is 24.9. The highest BCUT2D eigenvalue weighted by atomic mass is 16.6. The van der Waals surface area contributed by atoms with Crippen LogP contribution in [0.1, 0.15) is 82.0 Å². The summed E-state index contributed by atoms with van der Waals surface area (Å²) in [6.45, 7) is 25.1. The summed E-state index contributed by atoms with van der Waals surface area (Å²) >= 11 is 0. The van der Waals surface area contributed by atoms with Gasteiger partial charge in [0.25, 0.3) is 5.82 Å². The SMILES string of the molecule is CC.CC.CCn1c(CC(C)C)[n+](CC)c2ccc(OCCNC(=O)OC(C)(C)C)cc21. The lowest BCUT2D eigenvalue weighted by molar-refractivity contribution is -0.676. The molecule has 0 bridgehead atoms. The van der Waals surface area contributed by atoms with Gasteiger partial charge >= 0.3 is 6.09 Å². The van der Waals surface area contributed by atoms with E-state index < -0.39 is 11.7 Å². The molecule has 1 heterocycles. The predicted octanol–water partition coefficient (Wildman–Crippen LogP) is 6.12. The molecule has 6 heteroatoms. The number of benzene rings is 1. The number of alkyl carbamates (subject to hydrolysis) is 1. The van der Waals surface area contributed by atoms with Gasteiger partial charge < -0.3 is 14.8 Å². The van der Waals surface area contributed by atoms with E-state index in [0.29, 0.717) is 19.1 Å². The Morgan fingerprint density at radius 1 is 1.12 bits per heavy atom. The van der Waals surface area contributed by atoms with Gasteiger partial charge in [-0.05, 0) is 52.7 Å². The van der Waals surface area contributed by atoms with Crippen LogP contribution in [0.5, 0.6) is 5.75 Å². The van der Waals surface area contributed by atoms with Crippen LogP contribution in [0.4, 0.5) is 4.79 Å². The zero-order valence-corrected chi connectivity index (χ0v) is 22.5. The highest BCUT2D eigenvalue weighted by Gasteiger charge is 2.24. The minimum absolute atomic E-state index is 0.393. The van der Waals surface area contributed by atoms with Crippen LogP contribution in [-0.2, 0) is 24.2 Å². The summed E-state index contributed by atoms with van der Waals surface area (Å²) < 4.78 is 15.9. The Hall–Kier alpha value is -2.24. The van der Waals surface area contributed by atoms with Crippen molar-refractivity contribution in [3.63, 3.8) is 0 Å². The first-order valence-electron chi connectivity index (χ1n) is 12.3. The number of carbonyl (C=O) groups excluding carboxylic acids is 1. The molecule has 184 valence electrons. The van der Waals surface area contributed by atoms with E-state index in [-0.39, 0.29) is 0 Å². The number of hydrogen-bond acceptors (Lipinski definition) is 3. The second kappa shape index (κ2) is 14.8. The Kier molecular flexibility index (Phi) is 13.7. The van der Waals surface area contributed by atoms with Crippen molar-refractivity contribution in [2.24, 2.45) is 5.92 Å². The van der Waals surface area contributed by atoms with Crippen LogP contribution < -0.4 is 14.6 Å². The van der Waals surface area contributed by atoms with Crippen LogP contribution in [0.25, 0.3) is 11.0 Å².